The minimum Gasteiger partial charge on any atom is -0.387 e. The summed E-state index contributed by atoms with van der Waals surface area (Å²) in [5, 5.41) is 5.35. The molecular formula is C14H17F3N2O2. The number of benzene rings is 1. The highest BCUT2D eigenvalue weighted by atomic mass is 19.4. The van der Waals surface area contributed by atoms with Gasteiger partial charge in [-0.15, -0.1) is 0 Å². The van der Waals surface area contributed by atoms with Crippen molar-refractivity contribution < 1.29 is 22.7 Å². The number of halogens is 3. The quantitative estimate of drug-likeness (QED) is 0.899. The molecular weight excluding hydrogens is 285 g/mol. The number of amides is 1. The largest absolute Gasteiger partial charge is 0.416 e. The fourth-order valence-electron chi connectivity index (χ4n) is 2.23. The first kappa shape index (κ1) is 15.6. The van der Waals surface area contributed by atoms with Crippen LogP contribution in [0.5, 0.6) is 0 Å². The van der Waals surface area contributed by atoms with Crippen LogP contribution in [0.3, 0.4) is 0 Å². The van der Waals surface area contributed by atoms with E-state index in [-0.39, 0.29) is 11.7 Å². The van der Waals surface area contributed by atoms with Crippen LogP contribution >= 0.6 is 0 Å². The van der Waals surface area contributed by atoms with E-state index in [1.54, 1.807) is 7.05 Å². The number of hydrogen-bond donors (Lipinski definition) is 2. The van der Waals surface area contributed by atoms with Crippen molar-refractivity contribution in [2.45, 2.75) is 25.1 Å². The predicted molar refractivity (Wildman–Crippen MR) is 72.3 cm³/mol. The zero-order valence-electron chi connectivity index (χ0n) is 11.6. The Morgan fingerprint density at radius 3 is 2.76 bits per heavy atom. The van der Waals surface area contributed by atoms with Crippen molar-refractivity contribution >= 4 is 11.6 Å². The van der Waals surface area contributed by atoms with Gasteiger partial charge in [-0.3, -0.25) is 4.79 Å². The number of anilines is 1. The molecule has 0 aromatic heterocycles. The molecule has 0 aliphatic carbocycles. The number of carbonyl (C=O) groups excluding carboxylic acids is 1. The molecule has 4 nitrogen and oxygen atoms in total. The molecule has 2 rings (SSSR count). The molecule has 1 aromatic rings. The lowest BCUT2D eigenvalue weighted by Gasteiger charge is -2.15. The van der Waals surface area contributed by atoms with Crippen LogP contribution in [-0.4, -0.2) is 32.2 Å². The fraction of sp³-hybridized carbons (Fsp3) is 0.500. The van der Waals surface area contributed by atoms with Crippen LogP contribution < -0.4 is 10.6 Å². The monoisotopic (exact) mass is 302 g/mol. The molecule has 1 heterocycles. The average molecular weight is 302 g/mol. The van der Waals surface area contributed by atoms with Crippen LogP contribution in [0.2, 0.25) is 0 Å². The summed E-state index contributed by atoms with van der Waals surface area (Å²) < 4.78 is 43.5. The number of carbonyl (C=O) groups is 1. The van der Waals surface area contributed by atoms with Crippen LogP contribution in [-0.2, 0) is 10.9 Å². The van der Waals surface area contributed by atoms with E-state index in [1.165, 1.54) is 6.07 Å². The molecule has 1 saturated heterocycles. The molecule has 2 N–H and O–H groups in total. The average Bonchev–Trinajstić information content (AvgIpc) is 2.96. The Bertz CT molecular complexity index is 511. The van der Waals surface area contributed by atoms with E-state index in [0.29, 0.717) is 18.8 Å². The summed E-state index contributed by atoms with van der Waals surface area (Å²) in [5.74, 6) is -0.541. The number of hydrogen-bond acceptors (Lipinski definition) is 3. The molecule has 1 aliphatic heterocycles. The Morgan fingerprint density at radius 1 is 1.43 bits per heavy atom. The van der Waals surface area contributed by atoms with Crippen LogP contribution in [0.1, 0.15) is 28.8 Å². The summed E-state index contributed by atoms with van der Waals surface area (Å²) in [4.78, 5) is 12.1. The van der Waals surface area contributed by atoms with E-state index >= 15 is 0 Å². The zero-order chi connectivity index (χ0) is 15.5. The molecule has 0 bridgehead atoms. The first-order valence-corrected chi connectivity index (χ1v) is 6.70. The molecule has 1 aliphatic rings. The Kier molecular flexibility index (Phi) is 4.72. The van der Waals surface area contributed by atoms with Gasteiger partial charge in [0.1, 0.15) is 0 Å². The fourth-order valence-corrected chi connectivity index (χ4v) is 2.23. The minimum atomic E-state index is -4.48. The van der Waals surface area contributed by atoms with Gasteiger partial charge in [0.05, 0.1) is 17.2 Å². The molecule has 0 saturated carbocycles. The standard InChI is InChI=1S/C14H17F3N2O2/c1-18-12-5-4-9(14(15,16)17)7-11(12)13(20)19-8-10-3-2-6-21-10/h4-5,7,10,18H,2-3,6,8H2,1H3,(H,19,20). The maximum Gasteiger partial charge on any atom is 0.416 e. The highest BCUT2D eigenvalue weighted by Gasteiger charge is 2.31. The second-order valence-corrected chi connectivity index (χ2v) is 4.85. The Hall–Kier alpha value is -1.76. The predicted octanol–water partition coefficient (Wildman–Crippen LogP) is 2.66. The molecule has 1 aromatic carbocycles. The van der Waals surface area contributed by atoms with Gasteiger partial charge < -0.3 is 15.4 Å². The highest BCUT2D eigenvalue weighted by molar-refractivity contribution is 5.99. The minimum absolute atomic E-state index is 0.0229. The third kappa shape index (κ3) is 3.87. The van der Waals surface area contributed by atoms with Crippen molar-refractivity contribution in [3.63, 3.8) is 0 Å². The van der Waals surface area contributed by atoms with Crippen LogP contribution in [0.4, 0.5) is 18.9 Å². The van der Waals surface area contributed by atoms with Crippen molar-refractivity contribution in [1.29, 1.82) is 0 Å². The van der Waals surface area contributed by atoms with Gasteiger partial charge in [-0.2, -0.15) is 13.2 Å². The van der Waals surface area contributed by atoms with Gasteiger partial charge in [0.25, 0.3) is 5.91 Å². The van der Waals surface area contributed by atoms with Crippen LogP contribution in [0.15, 0.2) is 18.2 Å². The summed E-state index contributed by atoms with van der Waals surface area (Å²) in [6.07, 6.45) is -2.75. The molecule has 1 atom stereocenters. The molecule has 1 amide bonds. The number of ether oxygens (including phenoxy) is 1. The van der Waals surface area contributed by atoms with Gasteiger partial charge in [-0.25, -0.2) is 0 Å². The Balaban J connectivity index is 2.13. The number of alkyl halides is 3. The maximum absolute atomic E-state index is 12.7. The van der Waals surface area contributed by atoms with E-state index in [9.17, 15) is 18.0 Å². The van der Waals surface area contributed by atoms with Crippen LogP contribution in [0.25, 0.3) is 0 Å². The molecule has 1 unspecified atom stereocenters. The van der Waals surface area contributed by atoms with Crippen molar-refractivity contribution in [1.82, 2.24) is 5.32 Å². The first-order chi connectivity index (χ1) is 9.91. The summed E-state index contributed by atoms with van der Waals surface area (Å²) in [6.45, 7) is 0.962. The van der Waals surface area contributed by atoms with E-state index in [4.69, 9.17) is 4.74 Å². The summed E-state index contributed by atoms with van der Waals surface area (Å²) in [6, 6.07) is 3.06. The topological polar surface area (TPSA) is 50.4 Å². The summed E-state index contributed by atoms with van der Waals surface area (Å²) in [7, 11) is 1.56. The molecule has 0 radical (unpaired) electrons. The van der Waals surface area contributed by atoms with E-state index in [2.05, 4.69) is 10.6 Å². The van der Waals surface area contributed by atoms with E-state index in [0.717, 1.165) is 25.0 Å². The molecule has 0 spiro atoms. The number of rotatable bonds is 4. The SMILES string of the molecule is CNc1ccc(C(F)(F)F)cc1C(=O)NCC1CCCO1. The first-order valence-electron chi connectivity index (χ1n) is 6.70. The lowest BCUT2D eigenvalue weighted by atomic mass is 10.1. The van der Waals surface area contributed by atoms with E-state index in [1.807, 2.05) is 0 Å². The van der Waals surface area contributed by atoms with Crippen molar-refractivity contribution in [2.75, 3.05) is 25.5 Å². The second kappa shape index (κ2) is 6.34. The van der Waals surface area contributed by atoms with Gasteiger partial charge in [0.15, 0.2) is 0 Å². The van der Waals surface area contributed by atoms with Crippen molar-refractivity contribution in [2.24, 2.45) is 0 Å². The summed E-state index contributed by atoms with van der Waals surface area (Å²) >= 11 is 0. The summed E-state index contributed by atoms with van der Waals surface area (Å²) in [5.41, 5.74) is -0.512. The normalized spacial score (nSPS) is 18.6. The van der Waals surface area contributed by atoms with Crippen molar-refractivity contribution in [3.05, 3.63) is 29.3 Å². The maximum atomic E-state index is 12.7. The zero-order valence-corrected chi connectivity index (χ0v) is 11.6. The van der Waals surface area contributed by atoms with Gasteiger partial charge in [-0.1, -0.05) is 0 Å². The highest BCUT2D eigenvalue weighted by Crippen LogP contribution is 2.31. The smallest absolute Gasteiger partial charge is 0.387 e. The molecule has 21 heavy (non-hydrogen) atoms. The Labute approximate surface area is 120 Å². The molecule has 116 valence electrons. The van der Waals surface area contributed by atoms with Gasteiger partial charge in [-0.05, 0) is 31.0 Å². The van der Waals surface area contributed by atoms with Crippen molar-refractivity contribution in [3.8, 4) is 0 Å². The third-order valence-corrected chi connectivity index (χ3v) is 3.38. The molecule has 1 fully saturated rings. The van der Waals surface area contributed by atoms with E-state index < -0.39 is 17.6 Å². The lowest BCUT2D eigenvalue weighted by Crippen LogP contribution is -2.32. The molecule has 7 heteroatoms. The second-order valence-electron chi connectivity index (χ2n) is 4.85. The third-order valence-electron chi connectivity index (χ3n) is 3.38. The van der Waals surface area contributed by atoms with Gasteiger partial charge in [0.2, 0.25) is 0 Å². The van der Waals surface area contributed by atoms with Crippen LogP contribution in [0, 0.1) is 0 Å². The number of nitrogens with one attached hydrogen (secondary N) is 2. The van der Waals surface area contributed by atoms with Gasteiger partial charge in [0, 0.05) is 25.9 Å². The van der Waals surface area contributed by atoms with Gasteiger partial charge >= 0.3 is 6.18 Å². The Morgan fingerprint density at radius 2 is 2.19 bits per heavy atom. The lowest BCUT2D eigenvalue weighted by molar-refractivity contribution is -0.137.